The highest BCUT2D eigenvalue weighted by atomic mass is 16.5. The topological polar surface area (TPSA) is 64.3 Å². The molecule has 1 amide bonds. The number of hydrogen-bond acceptors (Lipinski definition) is 3. The third-order valence-corrected chi connectivity index (χ3v) is 2.67. The van der Waals surface area contributed by atoms with Crippen molar-refractivity contribution in [2.24, 2.45) is 11.7 Å². The average molecular weight is 214 g/mol. The molecule has 1 heterocycles. The van der Waals surface area contributed by atoms with E-state index in [1.165, 1.54) is 0 Å². The van der Waals surface area contributed by atoms with E-state index in [4.69, 9.17) is 10.5 Å². The Labute approximate surface area is 91.5 Å². The number of amides is 1. The molecule has 88 valence electrons. The third kappa shape index (κ3) is 4.62. The molecule has 2 atom stereocenters. The van der Waals surface area contributed by atoms with Gasteiger partial charge in [0.05, 0.1) is 12.1 Å². The number of carbonyl (C=O) groups is 1. The zero-order chi connectivity index (χ0) is 11.3. The van der Waals surface area contributed by atoms with Crippen LogP contribution >= 0.6 is 0 Å². The fraction of sp³-hybridized carbons (Fsp3) is 0.909. The Morgan fingerprint density at radius 2 is 2.33 bits per heavy atom. The van der Waals surface area contributed by atoms with Crippen molar-refractivity contribution < 1.29 is 9.53 Å². The van der Waals surface area contributed by atoms with E-state index in [0.717, 1.165) is 32.4 Å². The van der Waals surface area contributed by atoms with Crippen LogP contribution in [0.15, 0.2) is 0 Å². The Bertz CT molecular complexity index is 201. The average Bonchev–Trinajstić information content (AvgIpc) is 2.63. The summed E-state index contributed by atoms with van der Waals surface area (Å²) in [5.74, 6) is 0.209. The van der Waals surface area contributed by atoms with Crippen molar-refractivity contribution in [3.05, 3.63) is 0 Å². The first-order valence-electron chi connectivity index (χ1n) is 5.74. The van der Waals surface area contributed by atoms with Crippen LogP contribution in [-0.4, -0.2) is 31.2 Å². The monoisotopic (exact) mass is 214 g/mol. The molecule has 1 aliphatic rings. The molecular formula is C11H22N2O2. The minimum absolute atomic E-state index is 0.214. The summed E-state index contributed by atoms with van der Waals surface area (Å²) in [5.41, 5.74) is 5.33. The molecule has 1 fully saturated rings. The van der Waals surface area contributed by atoms with Gasteiger partial charge in [-0.05, 0) is 25.2 Å². The number of primary amides is 1. The van der Waals surface area contributed by atoms with Gasteiger partial charge in [-0.25, -0.2) is 0 Å². The molecule has 2 unspecified atom stereocenters. The van der Waals surface area contributed by atoms with E-state index < -0.39 is 0 Å². The Balaban J connectivity index is 2.27. The molecule has 0 aromatic heterocycles. The number of rotatable bonds is 6. The van der Waals surface area contributed by atoms with Gasteiger partial charge in [0.1, 0.15) is 0 Å². The number of hydrogen-bond donors (Lipinski definition) is 2. The molecule has 0 bridgehead atoms. The summed E-state index contributed by atoms with van der Waals surface area (Å²) in [6.07, 6.45) is 3.26. The van der Waals surface area contributed by atoms with Crippen LogP contribution in [0.1, 0.15) is 33.1 Å². The molecular weight excluding hydrogens is 192 g/mol. The second-order valence-electron chi connectivity index (χ2n) is 4.63. The van der Waals surface area contributed by atoms with Gasteiger partial charge in [-0.3, -0.25) is 4.79 Å². The van der Waals surface area contributed by atoms with Crippen LogP contribution in [0, 0.1) is 5.92 Å². The van der Waals surface area contributed by atoms with Crippen LogP contribution < -0.4 is 11.1 Å². The summed E-state index contributed by atoms with van der Waals surface area (Å²) in [7, 11) is 0. The van der Waals surface area contributed by atoms with E-state index in [0.29, 0.717) is 5.92 Å². The Morgan fingerprint density at radius 3 is 2.80 bits per heavy atom. The molecule has 4 nitrogen and oxygen atoms in total. The summed E-state index contributed by atoms with van der Waals surface area (Å²) >= 11 is 0. The third-order valence-electron chi connectivity index (χ3n) is 2.67. The number of carbonyl (C=O) groups excluding carboxylic acids is 1. The predicted molar refractivity (Wildman–Crippen MR) is 59.4 cm³/mol. The molecule has 1 aliphatic heterocycles. The van der Waals surface area contributed by atoms with Gasteiger partial charge in [-0.1, -0.05) is 13.8 Å². The first-order chi connectivity index (χ1) is 7.09. The van der Waals surface area contributed by atoms with E-state index in [2.05, 4.69) is 19.2 Å². The number of ether oxygens (including phenoxy) is 1. The molecule has 4 heteroatoms. The highest BCUT2D eigenvalue weighted by Crippen LogP contribution is 2.11. The summed E-state index contributed by atoms with van der Waals surface area (Å²) < 4.78 is 5.47. The largest absolute Gasteiger partial charge is 0.377 e. The Hall–Kier alpha value is -0.610. The summed E-state index contributed by atoms with van der Waals surface area (Å²) in [6.45, 7) is 5.76. The van der Waals surface area contributed by atoms with Gasteiger partial charge in [0.2, 0.25) is 5.91 Å². The van der Waals surface area contributed by atoms with E-state index >= 15 is 0 Å². The van der Waals surface area contributed by atoms with Crippen molar-refractivity contribution in [3.63, 3.8) is 0 Å². The van der Waals surface area contributed by atoms with Gasteiger partial charge < -0.3 is 15.8 Å². The SMILES string of the molecule is CC(C)CC(NCC1CCCO1)C(N)=O. The van der Waals surface area contributed by atoms with Crippen molar-refractivity contribution in [1.29, 1.82) is 0 Å². The van der Waals surface area contributed by atoms with Gasteiger partial charge in [0.15, 0.2) is 0 Å². The van der Waals surface area contributed by atoms with E-state index in [1.807, 2.05) is 0 Å². The van der Waals surface area contributed by atoms with Gasteiger partial charge in [0.25, 0.3) is 0 Å². The summed E-state index contributed by atoms with van der Waals surface area (Å²) in [6, 6.07) is -0.214. The first kappa shape index (κ1) is 12.5. The summed E-state index contributed by atoms with van der Waals surface area (Å²) in [4.78, 5) is 11.2. The first-order valence-corrected chi connectivity index (χ1v) is 5.74. The molecule has 0 spiro atoms. The van der Waals surface area contributed by atoms with Crippen molar-refractivity contribution >= 4 is 5.91 Å². The van der Waals surface area contributed by atoms with Crippen molar-refractivity contribution in [2.75, 3.05) is 13.2 Å². The lowest BCUT2D eigenvalue weighted by atomic mass is 10.0. The van der Waals surface area contributed by atoms with Crippen LogP contribution in [0.4, 0.5) is 0 Å². The lowest BCUT2D eigenvalue weighted by Gasteiger charge is -2.19. The summed E-state index contributed by atoms with van der Waals surface area (Å²) in [5, 5.41) is 3.19. The molecule has 1 rings (SSSR count). The van der Waals surface area contributed by atoms with Crippen LogP contribution in [0.25, 0.3) is 0 Å². The highest BCUT2D eigenvalue weighted by Gasteiger charge is 2.20. The van der Waals surface area contributed by atoms with E-state index in [1.54, 1.807) is 0 Å². The molecule has 3 N–H and O–H groups in total. The standard InChI is InChI=1S/C11H22N2O2/c1-8(2)6-10(11(12)14)13-7-9-4-3-5-15-9/h8-10,13H,3-7H2,1-2H3,(H2,12,14). The number of nitrogens with one attached hydrogen (secondary N) is 1. The molecule has 15 heavy (non-hydrogen) atoms. The zero-order valence-corrected chi connectivity index (χ0v) is 9.66. The van der Waals surface area contributed by atoms with Gasteiger partial charge in [0, 0.05) is 13.2 Å². The van der Waals surface area contributed by atoms with E-state index in [-0.39, 0.29) is 18.1 Å². The minimum Gasteiger partial charge on any atom is -0.377 e. The molecule has 1 saturated heterocycles. The smallest absolute Gasteiger partial charge is 0.234 e. The highest BCUT2D eigenvalue weighted by molar-refractivity contribution is 5.79. The fourth-order valence-electron chi connectivity index (χ4n) is 1.85. The van der Waals surface area contributed by atoms with E-state index in [9.17, 15) is 4.79 Å². The molecule has 0 aromatic rings. The predicted octanol–water partition coefficient (Wildman–Crippen LogP) is 0.655. The quantitative estimate of drug-likeness (QED) is 0.682. The Morgan fingerprint density at radius 1 is 1.60 bits per heavy atom. The van der Waals surface area contributed by atoms with Crippen LogP contribution in [0.5, 0.6) is 0 Å². The van der Waals surface area contributed by atoms with Crippen LogP contribution in [0.3, 0.4) is 0 Å². The maximum atomic E-state index is 11.2. The normalized spacial score (nSPS) is 23.3. The molecule has 0 saturated carbocycles. The molecule has 0 aliphatic carbocycles. The van der Waals surface area contributed by atoms with Crippen LogP contribution in [0.2, 0.25) is 0 Å². The molecule has 0 aromatic carbocycles. The lowest BCUT2D eigenvalue weighted by molar-refractivity contribution is -0.120. The maximum absolute atomic E-state index is 11.2. The Kier molecular flexibility index (Phi) is 5.05. The lowest BCUT2D eigenvalue weighted by Crippen LogP contribution is -2.45. The number of nitrogens with two attached hydrogens (primary N) is 1. The molecule has 0 radical (unpaired) electrons. The van der Waals surface area contributed by atoms with Crippen LogP contribution in [-0.2, 0) is 9.53 Å². The van der Waals surface area contributed by atoms with Crippen molar-refractivity contribution in [2.45, 2.75) is 45.3 Å². The van der Waals surface area contributed by atoms with Gasteiger partial charge in [-0.2, -0.15) is 0 Å². The van der Waals surface area contributed by atoms with Gasteiger partial charge in [-0.15, -0.1) is 0 Å². The van der Waals surface area contributed by atoms with Gasteiger partial charge >= 0.3 is 0 Å². The van der Waals surface area contributed by atoms with Crippen molar-refractivity contribution in [1.82, 2.24) is 5.32 Å². The maximum Gasteiger partial charge on any atom is 0.234 e. The fourth-order valence-corrected chi connectivity index (χ4v) is 1.85. The van der Waals surface area contributed by atoms with Crippen molar-refractivity contribution in [3.8, 4) is 0 Å². The minimum atomic E-state index is -0.262. The second-order valence-corrected chi connectivity index (χ2v) is 4.63. The second kappa shape index (κ2) is 6.08. The zero-order valence-electron chi connectivity index (χ0n) is 9.66.